The smallest absolute Gasteiger partial charge is 0.416 e. The van der Waals surface area contributed by atoms with E-state index in [1.54, 1.807) is 43.4 Å². The lowest BCUT2D eigenvalue weighted by Crippen LogP contribution is -2.47. The van der Waals surface area contributed by atoms with E-state index in [4.69, 9.17) is 18.9 Å². The highest BCUT2D eigenvalue weighted by molar-refractivity contribution is 5.79. The molecule has 2 aromatic rings. The van der Waals surface area contributed by atoms with E-state index in [9.17, 15) is 18.0 Å². The number of alkyl halides is 3. The van der Waals surface area contributed by atoms with E-state index in [0.717, 1.165) is 17.7 Å². The first-order chi connectivity index (χ1) is 15.3. The van der Waals surface area contributed by atoms with Crippen molar-refractivity contribution < 1.29 is 36.9 Å². The third-order valence-corrected chi connectivity index (χ3v) is 5.08. The third-order valence-electron chi connectivity index (χ3n) is 5.08. The van der Waals surface area contributed by atoms with Crippen LogP contribution in [0.15, 0.2) is 42.5 Å². The molecule has 1 fully saturated rings. The second-order valence-corrected chi connectivity index (χ2v) is 7.44. The molecule has 0 aromatic heterocycles. The lowest BCUT2D eigenvalue weighted by atomic mass is 10.1. The van der Waals surface area contributed by atoms with E-state index in [-0.39, 0.29) is 31.6 Å². The van der Waals surface area contributed by atoms with E-state index in [2.05, 4.69) is 0 Å². The Kier molecular flexibility index (Phi) is 7.98. The predicted molar refractivity (Wildman–Crippen MR) is 111 cm³/mol. The zero-order chi connectivity index (χ0) is 23.1. The summed E-state index contributed by atoms with van der Waals surface area (Å²) in [5, 5.41) is 0. The molecule has 1 heterocycles. The van der Waals surface area contributed by atoms with Crippen LogP contribution in [0.1, 0.15) is 16.7 Å². The molecule has 1 aliphatic heterocycles. The molecule has 1 amide bonds. The third kappa shape index (κ3) is 6.61. The summed E-state index contributed by atoms with van der Waals surface area (Å²) < 4.78 is 60.2. The standard InChI is InChI=1S/C23H26F3NO5/c1-29-19-9-17(10-20(12-19)30-2)11-22(28)27-6-7-32-21(13-27)15-31-14-16-4-3-5-18(8-16)23(24,25)26/h3-5,8-10,12,21H,6-7,11,13-15H2,1-2H3. The normalized spacial score (nSPS) is 16.7. The lowest BCUT2D eigenvalue weighted by molar-refractivity contribution is -0.140. The number of morpholine rings is 1. The van der Waals surface area contributed by atoms with E-state index >= 15 is 0 Å². The summed E-state index contributed by atoms with van der Waals surface area (Å²) in [5.41, 5.74) is 0.490. The molecule has 1 unspecified atom stereocenters. The molecule has 32 heavy (non-hydrogen) atoms. The minimum Gasteiger partial charge on any atom is -0.497 e. The number of ether oxygens (including phenoxy) is 4. The fraction of sp³-hybridized carbons (Fsp3) is 0.435. The molecular weight excluding hydrogens is 427 g/mol. The summed E-state index contributed by atoms with van der Waals surface area (Å²) in [4.78, 5) is 14.5. The predicted octanol–water partition coefficient (Wildman–Crippen LogP) is 3.71. The van der Waals surface area contributed by atoms with Gasteiger partial charge in [0.25, 0.3) is 0 Å². The van der Waals surface area contributed by atoms with Gasteiger partial charge in [0.1, 0.15) is 11.5 Å². The Morgan fingerprint density at radius 1 is 1.09 bits per heavy atom. The number of nitrogens with zero attached hydrogens (tertiary/aromatic N) is 1. The molecule has 9 heteroatoms. The van der Waals surface area contributed by atoms with Crippen LogP contribution in [0, 0.1) is 0 Å². The van der Waals surface area contributed by atoms with E-state index in [1.807, 2.05) is 0 Å². The second kappa shape index (κ2) is 10.7. The highest BCUT2D eigenvalue weighted by Crippen LogP contribution is 2.29. The van der Waals surface area contributed by atoms with Crippen LogP contribution < -0.4 is 9.47 Å². The fourth-order valence-electron chi connectivity index (χ4n) is 3.45. The molecule has 0 spiro atoms. The molecule has 1 saturated heterocycles. The van der Waals surface area contributed by atoms with Crippen molar-refractivity contribution >= 4 is 5.91 Å². The molecular formula is C23H26F3NO5. The zero-order valence-electron chi connectivity index (χ0n) is 18.0. The number of benzene rings is 2. The van der Waals surface area contributed by atoms with Gasteiger partial charge in [-0.1, -0.05) is 12.1 Å². The number of hydrogen-bond acceptors (Lipinski definition) is 5. The lowest BCUT2D eigenvalue weighted by Gasteiger charge is -2.33. The first-order valence-corrected chi connectivity index (χ1v) is 10.1. The highest BCUT2D eigenvalue weighted by atomic mass is 19.4. The number of rotatable bonds is 8. The van der Waals surface area contributed by atoms with Crippen LogP contribution in [0.4, 0.5) is 13.2 Å². The summed E-state index contributed by atoms with van der Waals surface area (Å²) in [6.45, 7) is 1.38. The highest BCUT2D eigenvalue weighted by Gasteiger charge is 2.30. The number of carbonyl (C=O) groups excluding carboxylic acids is 1. The van der Waals surface area contributed by atoms with E-state index in [1.165, 1.54) is 6.07 Å². The minimum absolute atomic E-state index is 0.0291. The molecule has 0 radical (unpaired) electrons. The molecule has 0 bridgehead atoms. The molecule has 1 aliphatic rings. The van der Waals surface area contributed by atoms with Crippen LogP contribution in [0.3, 0.4) is 0 Å². The van der Waals surface area contributed by atoms with Crippen molar-refractivity contribution in [2.45, 2.75) is 25.3 Å². The Balaban J connectivity index is 1.51. The van der Waals surface area contributed by atoms with Gasteiger partial charge in [0.2, 0.25) is 5.91 Å². The van der Waals surface area contributed by atoms with Crippen molar-refractivity contribution in [2.24, 2.45) is 0 Å². The Morgan fingerprint density at radius 2 is 1.81 bits per heavy atom. The Labute approximate surface area is 184 Å². The summed E-state index contributed by atoms with van der Waals surface area (Å²) in [7, 11) is 3.10. The molecule has 6 nitrogen and oxygen atoms in total. The minimum atomic E-state index is -4.39. The van der Waals surface area contributed by atoms with Gasteiger partial charge in [-0.05, 0) is 35.4 Å². The number of methoxy groups -OCH3 is 2. The van der Waals surface area contributed by atoms with Gasteiger partial charge in [-0.2, -0.15) is 13.2 Å². The number of carbonyl (C=O) groups is 1. The summed E-state index contributed by atoms with van der Waals surface area (Å²) in [6, 6.07) is 10.3. The van der Waals surface area contributed by atoms with Gasteiger partial charge in [0, 0.05) is 19.2 Å². The van der Waals surface area contributed by atoms with Gasteiger partial charge in [-0.3, -0.25) is 4.79 Å². The van der Waals surface area contributed by atoms with Gasteiger partial charge in [-0.25, -0.2) is 0 Å². The molecule has 0 aliphatic carbocycles. The maximum absolute atomic E-state index is 12.8. The zero-order valence-corrected chi connectivity index (χ0v) is 18.0. The molecule has 0 N–H and O–H groups in total. The van der Waals surface area contributed by atoms with Crippen molar-refractivity contribution in [3.63, 3.8) is 0 Å². The van der Waals surface area contributed by atoms with E-state index < -0.39 is 11.7 Å². The SMILES string of the molecule is COc1cc(CC(=O)N2CCOC(COCc3cccc(C(F)(F)F)c3)C2)cc(OC)c1. The van der Waals surface area contributed by atoms with Crippen molar-refractivity contribution in [2.75, 3.05) is 40.5 Å². The van der Waals surface area contributed by atoms with Gasteiger partial charge < -0.3 is 23.8 Å². The maximum Gasteiger partial charge on any atom is 0.416 e. The monoisotopic (exact) mass is 453 g/mol. The van der Waals surface area contributed by atoms with Gasteiger partial charge in [0.15, 0.2) is 0 Å². The van der Waals surface area contributed by atoms with E-state index in [0.29, 0.717) is 36.8 Å². The summed E-state index contributed by atoms with van der Waals surface area (Å²) in [5.74, 6) is 1.15. The van der Waals surface area contributed by atoms with Crippen molar-refractivity contribution in [1.29, 1.82) is 0 Å². The first-order valence-electron chi connectivity index (χ1n) is 10.1. The van der Waals surface area contributed by atoms with Crippen LogP contribution in [0.25, 0.3) is 0 Å². The van der Waals surface area contributed by atoms with Gasteiger partial charge in [0.05, 0.1) is 52.1 Å². The van der Waals surface area contributed by atoms with Crippen molar-refractivity contribution in [3.8, 4) is 11.5 Å². The van der Waals surface area contributed by atoms with Gasteiger partial charge in [-0.15, -0.1) is 0 Å². The van der Waals surface area contributed by atoms with Crippen LogP contribution in [0.5, 0.6) is 11.5 Å². The van der Waals surface area contributed by atoms with Crippen molar-refractivity contribution in [3.05, 3.63) is 59.2 Å². The average molecular weight is 453 g/mol. The van der Waals surface area contributed by atoms with Gasteiger partial charge >= 0.3 is 6.18 Å². The first kappa shape index (κ1) is 23.9. The number of halogens is 3. The molecule has 0 saturated carbocycles. The second-order valence-electron chi connectivity index (χ2n) is 7.44. The maximum atomic E-state index is 12.8. The molecule has 3 rings (SSSR count). The fourth-order valence-corrected chi connectivity index (χ4v) is 3.45. The molecule has 1 atom stereocenters. The largest absolute Gasteiger partial charge is 0.497 e. The Morgan fingerprint density at radius 3 is 2.47 bits per heavy atom. The average Bonchev–Trinajstić information content (AvgIpc) is 2.78. The molecule has 174 valence electrons. The van der Waals surface area contributed by atoms with Crippen LogP contribution in [-0.2, 0) is 33.5 Å². The summed E-state index contributed by atoms with van der Waals surface area (Å²) in [6.07, 6.45) is -4.56. The van der Waals surface area contributed by atoms with Crippen LogP contribution in [0.2, 0.25) is 0 Å². The quantitative estimate of drug-likeness (QED) is 0.610. The number of hydrogen-bond donors (Lipinski definition) is 0. The van der Waals surface area contributed by atoms with Crippen LogP contribution >= 0.6 is 0 Å². The topological polar surface area (TPSA) is 57.2 Å². The Hall–Kier alpha value is -2.78. The number of amides is 1. The summed E-state index contributed by atoms with van der Waals surface area (Å²) >= 11 is 0. The van der Waals surface area contributed by atoms with Crippen LogP contribution in [-0.4, -0.2) is 57.4 Å². The van der Waals surface area contributed by atoms with Crippen molar-refractivity contribution in [1.82, 2.24) is 4.90 Å². The Bertz CT molecular complexity index is 896. The molecule has 2 aromatic carbocycles.